The molecule has 1 atom stereocenters. The fourth-order valence-electron chi connectivity index (χ4n) is 0.501. The third-order valence-corrected chi connectivity index (χ3v) is 2.57. The number of hydrogen-bond donors (Lipinski definition) is 1. The Labute approximate surface area is 73.1 Å². The van der Waals surface area contributed by atoms with E-state index in [0.717, 1.165) is 0 Å². The van der Waals surface area contributed by atoms with Crippen molar-refractivity contribution < 1.29 is 10.9 Å². The van der Waals surface area contributed by atoms with Gasteiger partial charge in [0.25, 0.3) is 0 Å². The number of ether oxygens (including phenoxy) is 1. The Hall–Kier alpha value is -0.220. The van der Waals surface area contributed by atoms with Gasteiger partial charge in [-0.3, -0.25) is 4.79 Å². The topological polar surface area (TPSA) is 52.3 Å². The number of rotatable bonds is 3. The molecule has 0 bridgehead atoms. The van der Waals surface area contributed by atoms with Crippen LogP contribution in [0, 0.1) is 0 Å². The van der Waals surface area contributed by atoms with Gasteiger partial charge in [0, 0.05) is 6.12 Å². The number of carbonyl (C=O) groups excluding carboxylic acids is 1. The van der Waals surface area contributed by atoms with Crippen molar-refractivity contribution in [3.05, 3.63) is 0 Å². The third kappa shape index (κ3) is 2.71. The predicted octanol–water partition coefficient (Wildman–Crippen LogP) is 0.628. The van der Waals surface area contributed by atoms with Crippen LogP contribution in [-0.2, 0) is 9.53 Å². The molecule has 0 spiro atoms. The van der Waals surface area contributed by atoms with Crippen molar-refractivity contribution in [3.8, 4) is 0 Å². The van der Waals surface area contributed by atoms with Gasteiger partial charge >= 0.3 is 5.97 Å². The highest BCUT2D eigenvalue weighted by Gasteiger charge is 2.31. The van der Waals surface area contributed by atoms with Crippen LogP contribution < -0.4 is 5.73 Å². The molecule has 4 heteroatoms. The second kappa shape index (κ2) is 3.97. The summed E-state index contributed by atoms with van der Waals surface area (Å²) in [7, 11) is 1.31. The Balaban J connectivity index is 4.23. The van der Waals surface area contributed by atoms with Crippen molar-refractivity contribution in [1.82, 2.24) is 0 Å². The van der Waals surface area contributed by atoms with Crippen LogP contribution in [0.4, 0.5) is 0 Å². The molecule has 0 aliphatic carbocycles. The Bertz CT molecular complexity index is 163. The monoisotopic (exact) mass is 178 g/mol. The van der Waals surface area contributed by atoms with Gasteiger partial charge in [-0.25, -0.2) is 0 Å². The van der Waals surface area contributed by atoms with Crippen LogP contribution in [0.5, 0.6) is 0 Å². The fraction of sp³-hybridized carbons (Fsp3) is 0.857. The van der Waals surface area contributed by atoms with Gasteiger partial charge in [-0.2, -0.15) is 11.8 Å². The van der Waals surface area contributed by atoms with Crippen molar-refractivity contribution in [2.24, 2.45) is 5.73 Å². The lowest BCUT2D eigenvalue weighted by Gasteiger charge is -2.26. The highest BCUT2D eigenvalue weighted by atomic mass is 32.2. The number of nitrogens with two attached hydrogens (primary N) is 1. The van der Waals surface area contributed by atoms with Crippen LogP contribution in [0.25, 0.3) is 0 Å². The molecular weight excluding hydrogens is 162 g/mol. The Morgan fingerprint density at radius 2 is 2.36 bits per heavy atom. The van der Waals surface area contributed by atoms with E-state index in [1.165, 1.54) is 18.9 Å². The smallest absolute Gasteiger partial charge is 0.324 e. The lowest BCUT2D eigenvalue weighted by atomic mass is 10.1. The maximum absolute atomic E-state index is 11.0. The Morgan fingerprint density at radius 1 is 1.82 bits per heavy atom. The fourth-order valence-corrected chi connectivity index (χ4v) is 0.776. The van der Waals surface area contributed by atoms with Crippen molar-refractivity contribution >= 4 is 17.7 Å². The van der Waals surface area contributed by atoms with E-state index in [1.807, 2.05) is 13.8 Å². The van der Waals surface area contributed by atoms with Crippen molar-refractivity contribution in [3.63, 3.8) is 0 Å². The number of esters is 1. The molecule has 0 unspecified atom stereocenters. The summed E-state index contributed by atoms with van der Waals surface area (Å²) >= 11 is 1.33. The molecule has 0 heterocycles. The molecule has 2 N–H and O–H groups in total. The summed E-state index contributed by atoms with van der Waals surface area (Å²) in [6.45, 7) is 3.65. The van der Waals surface area contributed by atoms with E-state index >= 15 is 0 Å². The van der Waals surface area contributed by atoms with Crippen LogP contribution in [-0.4, -0.2) is 30.1 Å². The molecule has 0 aromatic carbocycles. The highest BCUT2D eigenvalue weighted by Crippen LogP contribution is 2.24. The molecule has 0 saturated heterocycles. The molecule has 0 amide bonds. The zero-order valence-electron chi connectivity index (χ0n) is 8.09. The second-order valence-corrected chi connectivity index (χ2v) is 4.09. The van der Waals surface area contributed by atoms with Crippen LogP contribution in [0.15, 0.2) is 0 Å². The van der Waals surface area contributed by atoms with Gasteiger partial charge in [-0.1, -0.05) is 0 Å². The third-order valence-electron chi connectivity index (χ3n) is 1.58. The van der Waals surface area contributed by atoms with Crippen molar-refractivity contribution in [2.75, 3.05) is 13.3 Å². The summed E-state index contributed by atoms with van der Waals surface area (Å²) in [5.74, 6) is -0.430. The predicted molar refractivity (Wildman–Crippen MR) is 47.6 cm³/mol. The quantitative estimate of drug-likeness (QED) is 0.644. The maximum atomic E-state index is 11.0. The first kappa shape index (κ1) is 8.87. The van der Waals surface area contributed by atoms with E-state index in [4.69, 9.17) is 7.10 Å². The zero-order chi connectivity index (χ0) is 9.78. The van der Waals surface area contributed by atoms with Gasteiger partial charge in [0.2, 0.25) is 0 Å². The van der Waals surface area contributed by atoms with E-state index in [1.54, 1.807) is 0 Å². The first-order valence-electron chi connectivity index (χ1n) is 3.93. The highest BCUT2D eigenvalue weighted by molar-refractivity contribution is 8.00. The number of methoxy groups -OCH3 is 1. The van der Waals surface area contributed by atoms with Gasteiger partial charge in [0.05, 0.1) is 7.11 Å². The average molecular weight is 178 g/mol. The zero-order valence-corrected chi connectivity index (χ0v) is 7.90. The summed E-state index contributed by atoms with van der Waals surface area (Å²) in [5, 5.41) is 0. The summed E-state index contributed by atoms with van der Waals surface area (Å²) in [6, 6.07) is -0.669. The van der Waals surface area contributed by atoms with Gasteiger partial charge in [0.1, 0.15) is 6.04 Å². The minimum absolute atomic E-state index is 0.192. The first-order valence-corrected chi connectivity index (χ1v) is 4.21. The molecule has 0 aromatic rings. The van der Waals surface area contributed by atoms with E-state index in [0.29, 0.717) is 0 Å². The minimum Gasteiger partial charge on any atom is -0.468 e. The SMILES string of the molecule is [2H]CSC(C)(C)[C@H](N)C(=O)OC. The van der Waals surface area contributed by atoms with Crippen molar-refractivity contribution in [2.45, 2.75) is 24.6 Å². The number of carbonyl (C=O) groups is 1. The summed E-state index contributed by atoms with van der Waals surface area (Å²) in [6.07, 6.45) is 0.192. The molecule has 0 fully saturated rings. The minimum atomic E-state index is -0.669. The van der Waals surface area contributed by atoms with Crippen molar-refractivity contribution in [1.29, 1.82) is 0 Å². The van der Waals surface area contributed by atoms with E-state index < -0.39 is 16.8 Å². The molecule has 0 aliphatic heterocycles. The molecule has 0 radical (unpaired) electrons. The molecule has 11 heavy (non-hydrogen) atoms. The number of thioether (sulfide) groups is 1. The Morgan fingerprint density at radius 3 is 2.73 bits per heavy atom. The Kier molecular flexibility index (Phi) is 3.20. The van der Waals surface area contributed by atoms with Crippen LogP contribution in [0.1, 0.15) is 15.2 Å². The average Bonchev–Trinajstić information content (AvgIpc) is 2.01. The first-order chi connectivity index (χ1) is 5.45. The van der Waals surface area contributed by atoms with Crippen LogP contribution in [0.2, 0.25) is 0 Å². The van der Waals surface area contributed by atoms with E-state index in [9.17, 15) is 4.79 Å². The molecule has 0 aromatic heterocycles. The molecule has 0 saturated carbocycles. The van der Waals surface area contributed by atoms with Crippen LogP contribution >= 0.6 is 11.8 Å². The van der Waals surface area contributed by atoms with Crippen LogP contribution in [0.3, 0.4) is 0 Å². The molecular formula is C7H15NO2S. The lowest BCUT2D eigenvalue weighted by molar-refractivity contribution is -0.142. The van der Waals surface area contributed by atoms with Gasteiger partial charge in [-0.15, -0.1) is 0 Å². The molecule has 66 valence electrons. The molecule has 0 aliphatic rings. The standard InChI is InChI=1S/C7H15NO2S/c1-7(2,11-4)5(8)6(9)10-3/h5H,8H2,1-4H3/t5-/m1/s1/i4D. The van der Waals surface area contributed by atoms with Gasteiger partial charge in [0.15, 0.2) is 0 Å². The van der Waals surface area contributed by atoms with Gasteiger partial charge in [-0.05, 0) is 20.1 Å². The second-order valence-electron chi connectivity index (χ2n) is 2.75. The van der Waals surface area contributed by atoms with Gasteiger partial charge < -0.3 is 10.5 Å². The van der Waals surface area contributed by atoms with E-state index in [-0.39, 0.29) is 6.23 Å². The number of hydrogen-bond acceptors (Lipinski definition) is 4. The lowest BCUT2D eigenvalue weighted by Crippen LogP contribution is -2.47. The largest absolute Gasteiger partial charge is 0.468 e. The summed E-state index contributed by atoms with van der Waals surface area (Å²) < 4.78 is 11.1. The summed E-state index contributed by atoms with van der Waals surface area (Å²) in [4.78, 5) is 11.0. The molecule has 0 rings (SSSR count). The molecule has 3 nitrogen and oxygen atoms in total. The normalized spacial score (nSPS) is 15.5. The maximum Gasteiger partial charge on any atom is 0.324 e. The summed E-state index contributed by atoms with van der Waals surface area (Å²) in [5.41, 5.74) is 5.61. The van der Waals surface area contributed by atoms with E-state index in [2.05, 4.69) is 4.74 Å².